The first-order chi connectivity index (χ1) is 8.70. The Labute approximate surface area is 117 Å². The first-order valence-electron chi connectivity index (χ1n) is 6.15. The summed E-state index contributed by atoms with van der Waals surface area (Å²) < 4.78 is 5.27. The standard InChI is InChI=1S/C14H16N2O2.ClH/c1-16-7-3-4-10-13(16)11-8-9(18-2)5-6-12(11)15-14(10)17;/h5-6,8H,3-4,7H2,1-2H3,(H,15,17);1H. The highest BCUT2D eigenvalue weighted by molar-refractivity contribution is 5.94. The fourth-order valence-corrected chi connectivity index (χ4v) is 2.70. The molecular weight excluding hydrogens is 264 g/mol. The maximum Gasteiger partial charge on any atom is 0.253 e. The zero-order chi connectivity index (χ0) is 12.7. The van der Waals surface area contributed by atoms with Crippen LogP contribution in [0, 0.1) is 0 Å². The van der Waals surface area contributed by atoms with E-state index in [2.05, 4.69) is 9.88 Å². The number of hydrogen-bond donors (Lipinski definition) is 1. The zero-order valence-corrected chi connectivity index (χ0v) is 11.8. The van der Waals surface area contributed by atoms with Gasteiger partial charge in [-0.25, -0.2) is 0 Å². The lowest BCUT2D eigenvalue weighted by atomic mass is 10.00. The van der Waals surface area contributed by atoms with Crippen molar-refractivity contribution in [1.82, 2.24) is 4.98 Å². The number of pyridine rings is 1. The van der Waals surface area contributed by atoms with Crippen LogP contribution in [0.25, 0.3) is 10.9 Å². The highest BCUT2D eigenvalue weighted by Gasteiger charge is 2.20. The van der Waals surface area contributed by atoms with Crippen molar-refractivity contribution in [3.05, 3.63) is 34.1 Å². The van der Waals surface area contributed by atoms with Gasteiger partial charge in [0.15, 0.2) is 0 Å². The second-order valence-corrected chi connectivity index (χ2v) is 4.72. The number of hydrogen-bond acceptors (Lipinski definition) is 3. The first-order valence-corrected chi connectivity index (χ1v) is 6.15. The van der Waals surface area contributed by atoms with Crippen LogP contribution in [-0.4, -0.2) is 25.7 Å². The van der Waals surface area contributed by atoms with Gasteiger partial charge in [0.05, 0.1) is 18.3 Å². The number of ether oxygens (including phenoxy) is 1. The van der Waals surface area contributed by atoms with Crippen molar-refractivity contribution < 1.29 is 4.74 Å². The average Bonchev–Trinajstić information content (AvgIpc) is 2.39. The Hall–Kier alpha value is -1.68. The molecule has 1 aliphatic heterocycles. The molecule has 3 rings (SSSR count). The van der Waals surface area contributed by atoms with E-state index in [1.807, 2.05) is 25.2 Å². The number of H-pyrrole nitrogens is 1. The van der Waals surface area contributed by atoms with Crippen molar-refractivity contribution in [3.8, 4) is 5.75 Å². The average molecular weight is 281 g/mol. The zero-order valence-electron chi connectivity index (χ0n) is 11.0. The molecule has 2 heterocycles. The number of halogens is 1. The van der Waals surface area contributed by atoms with E-state index in [4.69, 9.17) is 4.74 Å². The molecule has 0 aliphatic carbocycles. The smallest absolute Gasteiger partial charge is 0.253 e. The van der Waals surface area contributed by atoms with Crippen LogP contribution >= 0.6 is 12.4 Å². The maximum atomic E-state index is 12.1. The monoisotopic (exact) mass is 280 g/mol. The molecule has 0 bridgehead atoms. The van der Waals surface area contributed by atoms with E-state index in [9.17, 15) is 4.79 Å². The second kappa shape index (κ2) is 5.13. The van der Waals surface area contributed by atoms with Crippen LogP contribution in [0.5, 0.6) is 5.75 Å². The Morgan fingerprint density at radius 3 is 2.89 bits per heavy atom. The van der Waals surface area contributed by atoms with E-state index in [1.165, 1.54) is 0 Å². The molecule has 0 radical (unpaired) electrons. The van der Waals surface area contributed by atoms with Gasteiger partial charge >= 0.3 is 0 Å². The fourth-order valence-electron chi connectivity index (χ4n) is 2.70. The number of fused-ring (bicyclic) bond motifs is 3. The molecule has 0 amide bonds. The molecule has 1 aromatic heterocycles. The molecule has 0 fully saturated rings. The topological polar surface area (TPSA) is 45.3 Å². The Kier molecular flexibility index (Phi) is 3.71. The first kappa shape index (κ1) is 13.7. The van der Waals surface area contributed by atoms with E-state index in [1.54, 1.807) is 7.11 Å². The molecule has 1 aliphatic rings. The SMILES string of the molecule is COc1ccc2[nH]c(=O)c3c(c2c1)N(C)CCC3.Cl. The number of aromatic amines is 1. The maximum absolute atomic E-state index is 12.1. The van der Waals surface area contributed by atoms with Crippen molar-refractivity contribution in [2.45, 2.75) is 12.8 Å². The summed E-state index contributed by atoms with van der Waals surface area (Å²) in [4.78, 5) is 17.2. The van der Waals surface area contributed by atoms with Gasteiger partial charge in [-0.2, -0.15) is 0 Å². The van der Waals surface area contributed by atoms with Crippen LogP contribution in [0.15, 0.2) is 23.0 Å². The Bertz CT molecular complexity index is 666. The molecule has 1 N–H and O–H groups in total. The van der Waals surface area contributed by atoms with Gasteiger partial charge < -0.3 is 14.6 Å². The minimum atomic E-state index is 0. The van der Waals surface area contributed by atoms with Gasteiger partial charge in [0.2, 0.25) is 0 Å². The molecule has 0 unspecified atom stereocenters. The number of aromatic nitrogens is 1. The summed E-state index contributed by atoms with van der Waals surface area (Å²) in [5.74, 6) is 0.815. The van der Waals surface area contributed by atoms with Crippen LogP contribution in [0.3, 0.4) is 0 Å². The normalized spacial score (nSPS) is 13.9. The van der Waals surface area contributed by atoms with Gasteiger partial charge in [0, 0.05) is 24.5 Å². The summed E-state index contributed by atoms with van der Waals surface area (Å²) in [6.07, 6.45) is 1.88. The van der Waals surface area contributed by atoms with Crippen molar-refractivity contribution in [2.24, 2.45) is 0 Å². The third-order valence-electron chi connectivity index (χ3n) is 3.59. The van der Waals surface area contributed by atoms with Gasteiger partial charge in [-0.3, -0.25) is 4.79 Å². The predicted molar refractivity (Wildman–Crippen MR) is 80.0 cm³/mol. The molecule has 1 aromatic carbocycles. The molecule has 0 saturated carbocycles. The Morgan fingerprint density at radius 2 is 2.16 bits per heavy atom. The summed E-state index contributed by atoms with van der Waals surface area (Å²) in [7, 11) is 3.69. The van der Waals surface area contributed by atoms with Crippen molar-refractivity contribution in [3.63, 3.8) is 0 Å². The number of nitrogens with zero attached hydrogens (tertiary/aromatic N) is 1. The van der Waals surface area contributed by atoms with Crippen LogP contribution in [-0.2, 0) is 6.42 Å². The molecule has 4 nitrogen and oxygen atoms in total. The van der Waals surface area contributed by atoms with E-state index < -0.39 is 0 Å². The van der Waals surface area contributed by atoms with Gasteiger partial charge in [-0.1, -0.05) is 0 Å². The molecule has 102 valence electrons. The van der Waals surface area contributed by atoms with E-state index in [-0.39, 0.29) is 18.0 Å². The van der Waals surface area contributed by atoms with Gasteiger partial charge in [-0.15, -0.1) is 12.4 Å². The van der Waals surface area contributed by atoms with Crippen molar-refractivity contribution in [1.29, 1.82) is 0 Å². The minimum absolute atomic E-state index is 0. The van der Waals surface area contributed by atoms with Crippen LogP contribution in [0.1, 0.15) is 12.0 Å². The number of anilines is 1. The highest BCUT2D eigenvalue weighted by Crippen LogP contribution is 2.32. The summed E-state index contributed by atoms with van der Waals surface area (Å²) in [5, 5.41) is 1.06. The summed E-state index contributed by atoms with van der Waals surface area (Å²) >= 11 is 0. The lowest BCUT2D eigenvalue weighted by Crippen LogP contribution is -2.30. The number of nitrogens with one attached hydrogen (secondary N) is 1. The van der Waals surface area contributed by atoms with Crippen molar-refractivity contribution >= 4 is 29.0 Å². The third kappa shape index (κ3) is 2.16. The van der Waals surface area contributed by atoms with Gasteiger partial charge in [0.25, 0.3) is 5.56 Å². The summed E-state index contributed by atoms with van der Waals surface area (Å²) in [6.45, 7) is 0.989. The molecular formula is C14H17ClN2O2. The van der Waals surface area contributed by atoms with Crippen molar-refractivity contribution in [2.75, 3.05) is 25.6 Å². The molecule has 19 heavy (non-hydrogen) atoms. The molecule has 0 atom stereocenters. The Morgan fingerprint density at radius 1 is 1.37 bits per heavy atom. The number of methoxy groups -OCH3 is 1. The van der Waals surface area contributed by atoms with E-state index in [0.717, 1.165) is 47.3 Å². The van der Waals surface area contributed by atoms with Gasteiger partial charge in [0.1, 0.15) is 5.75 Å². The van der Waals surface area contributed by atoms with E-state index in [0.29, 0.717) is 0 Å². The minimum Gasteiger partial charge on any atom is -0.497 e. The van der Waals surface area contributed by atoms with Gasteiger partial charge in [-0.05, 0) is 31.0 Å². The van der Waals surface area contributed by atoms with Crippen LogP contribution in [0.4, 0.5) is 5.69 Å². The fraction of sp³-hybridized carbons (Fsp3) is 0.357. The predicted octanol–water partition coefficient (Wildman–Crippen LogP) is 2.34. The van der Waals surface area contributed by atoms with E-state index >= 15 is 0 Å². The molecule has 5 heteroatoms. The second-order valence-electron chi connectivity index (χ2n) is 4.72. The lowest BCUT2D eigenvalue weighted by molar-refractivity contribution is 0.415. The number of rotatable bonds is 1. The summed E-state index contributed by atoms with van der Waals surface area (Å²) in [5.41, 5.74) is 2.85. The third-order valence-corrected chi connectivity index (χ3v) is 3.59. The van der Waals surface area contributed by atoms with Crippen LogP contribution < -0.4 is 15.2 Å². The number of benzene rings is 1. The Balaban J connectivity index is 0.00000133. The quantitative estimate of drug-likeness (QED) is 0.872. The van der Waals surface area contributed by atoms with Crippen LogP contribution in [0.2, 0.25) is 0 Å². The molecule has 2 aromatic rings. The highest BCUT2D eigenvalue weighted by atomic mass is 35.5. The lowest BCUT2D eigenvalue weighted by Gasteiger charge is -2.28. The summed E-state index contributed by atoms with van der Waals surface area (Å²) in [6, 6.07) is 5.76. The molecule has 0 spiro atoms. The molecule has 0 saturated heterocycles. The largest absolute Gasteiger partial charge is 0.497 e.